The molecule has 1 N–H and O–H groups in total. The molecule has 2 aromatic carbocycles. The minimum Gasteiger partial charge on any atom is -0.486 e. The van der Waals surface area contributed by atoms with E-state index in [0.717, 1.165) is 33.4 Å². The molecule has 0 radical (unpaired) electrons. The van der Waals surface area contributed by atoms with Crippen molar-refractivity contribution in [3.8, 4) is 17.0 Å². The number of nitrogens with one attached hydrogen (secondary N) is 1. The lowest BCUT2D eigenvalue weighted by Gasteiger charge is -2.07. The van der Waals surface area contributed by atoms with Crippen LogP contribution in [0.1, 0.15) is 16.3 Å². The fourth-order valence-electron chi connectivity index (χ4n) is 3.53. The van der Waals surface area contributed by atoms with Crippen LogP contribution in [0, 0.1) is 6.92 Å². The summed E-state index contributed by atoms with van der Waals surface area (Å²) in [6.07, 6.45) is 2.07. The van der Waals surface area contributed by atoms with E-state index in [-0.39, 0.29) is 12.3 Å². The number of hydrogen-bond donors (Lipinski definition) is 1. The van der Waals surface area contributed by atoms with E-state index in [1.807, 2.05) is 95.7 Å². The van der Waals surface area contributed by atoms with E-state index < -0.39 is 0 Å². The first-order chi connectivity index (χ1) is 16.2. The van der Waals surface area contributed by atoms with Gasteiger partial charge in [0.15, 0.2) is 0 Å². The summed E-state index contributed by atoms with van der Waals surface area (Å²) in [5.74, 6) is 1.31. The van der Waals surface area contributed by atoms with Crippen molar-refractivity contribution in [2.75, 3.05) is 5.32 Å². The molecule has 7 heteroatoms. The molecule has 33 heavy (non-hydrogen) atoms. The van der Waals surface area contributed by atoms with E-state index >= 15 is 0 Å². The highest BCUT2D eigenvalue weighted by molar-refractivity contribution is 7.09. The average Bonchev–Trinajstić information content (AvgIpc) is 3.44. The van der Waals surface area contributed by atoms with Crippen LogP contribution in [0.15, 0.2) is 84.4 Å². The van der Waals surface area contributed by atoms with Gasteiger partial charge in [-0.2, -0.15) is 0 Å². The minimum absolute atomic E-state index is 0.144. The molecule has 0 saturated heterocycles. The lowest BCUT2D eigenvalue weighted by molar-refractivity contribution is -0.115. The highest BCUT2D eigenvalue weighted by Crippen LogP contribution is 2.28. The Morgan fingerprint density at radius 1 is 1.00 bits per heavy atom. The standard InChI is InChI=1S/C26H22N4O2S/c1-18-10-12-21(13-11-18)32-16-24-27-20(17-33-24)15-23(31)29-26-25(19-7-3-2-4-8-19)28-22-9-5-6-14-30(22)26/h2-14,17H,15-16H2,1H3,(H,29,31). The summed E-state index contributed by atoms with van der Waals surface area (Å²) in [7, 11) is 0. The molecule has 3 aromatic heterocycles. The molecule has 0 bridgehead atoms. The smallest absolute Gasteiger partial charge is 0.231 e. The van der Waals surface area contributed by atoms with E-state index in [1.165, 1.54) is 16.9 Å². The van der Waals surface area contributed by atoms with Gasteiger partial charge in [0.2, 0.25) is 5.91 Å². The Hall–Kier alpha value is -3.97. The molecular formula is C26H22N4O2S. The fraction of sp³-hybridized carbons (Fsp3) is 0.115. The van der Waals surface area contributed by atoms with Crippen molar-refractivity contribution < 1.29 is 9.53 Å². The summed E-state index contributed by atoms with van der Waals surface area (Å²) in [5.41, 5.74) is 4.36. The molecule has 1 amide bonds. The quantitative estimate of drug-likeness (QED) is 0.351. The Bertz CT molecular complexity index is 1390. The minimum atomic E-state index is -0.144. The molecule has 5 aromatic rings. The number of fused-ring (bicyclic) bond motifs is 1. The van der Waals surface area contributed by atoms with E-state index in [2.05, 4.69) is 10.3 Å². The predicted molar refractivity (Wildman–Crippen MR) is 131 cm³/mol. The average molecular weight is 455 g/mol. The topological polar surface area (TPSA) is 68.5 Å². The van der Waals surface area contributed by atoms with Gasteiger partial charge in [-0.15, -0.1) is 11.3 Å². The molecule has 0 aliphatic carbocycles. The van der Waals surface area contributed by atoms with Crippen molar-refractivity contribution in [2.45, 2.75) is 20.0 Å². The molecular weight excluding hydrogens is 432 g/mol. The molecule has 164 valence electrons. The van der Waals surface area contributed by atoms with Crippen molar-refractivity contribution in [3.05, 3.63) is 101 Å². The van der Waals surface area contributed by atoms with Crippen molar-refractivity contribution in [1.29, 1.82) is 0 Å². The van der Waals surface area contributed by atoms with Crippen LogP contribution in [-0.4, -0.2) is 20.3 Å². The lowest BCUT2D eigenvalue weighted by atomic mass is 10.1. The van der Waals surface area contributed by atoms with Gasteiger partial charge < -0.3 is 10.1 Å². The SMILES string of the molecule is Cc1ccc(OCc2nc(CC(=O)Nc3c(-c4ccccc4)nc4ccccn34)cs2)cc1. The van der Waals surface area contributed by atoms with E-state index in [4.69, 9.17) is 9.72 Å². The first kappa shape index (κ1) is 20.9. The van der Waals surface area contributed by atoms with Crippen LogP contribution in [0.3, 0.4) is 0 Å². The summed E-state index contributed by atoms with van der Waals surface area (Å²) in [6.45, 7) is 2.41. The lowest BCUT2D eigenvalue weighted by Crippen LogP contribution is -2.16. The number of amides is 1. The second-order valence-corrected chi connectivity index (χ2v) is 8.61. The number of anilines is 1. The summed E-state index contributed by atoms with van der Waals surface area (Å²) in [4.78, 5) is 22.2. The number of carbonyl (C=O) groups is 1. The Kier molecular flexibility index (Phi) is 5.87. The summed E-state index contributed by atoms with van der Waals surface area (Å²) >= 11 is 1.49. The number of benzene rings is 2. The summed E-state index contributed by atoms with van der Waals surface area (Å²) in [5, 5.41) is 5.78. The Balaban J connectivity index is 1.29. The van der Waals surface area contributed by atoms with Gasteiger partial charge in [-0.3, -0.25) is 9.20 Å². The molecule has 0 aliphatic rings. The molecule has 3 heterocycles. The third-order valence-electron chi connectivity index (χ3n) is 5.16. The van der Waals surface area contributed by atoms with Gasteiger partial charge in [-0.1, -0.05) is 54.1 Å². The van der Waals surface area contributed by atoms with Crippen LogP contribution < -0.4 is 10.1 Å². The number of rotatable bonds is 7. The fourth-order valence-corrected chi connectivity index (χ4v) is 4.23. The molecule has 0 saturated carbocycles. The zero-order valence-corrected chi connectivity index (χ0v) is 18.9. The van der Waals surface area contributed by atoms with E-state index in [1.54, 1.807) is 0 Å². The van der Waals surface area contributed by atoms with Crippen molar-refractivity contribution in [2.24, 2.45) is 0 Å². The third-order valence-corrected chi connectivity index (χ3v) is 6.03. The zero-order valence-electron chi connectivity index (χ0n) is 18.1. The van der Waals surface area contributed by atoms with Crippen molar-refractivity contribution >= 4 is 28.7 Å². The molecule has 0 spiro atoms. The van der Waals surface area contributed by atoms with E-state index in [9.17, 15) is 4.79 Å². The van der Waals surface area contributed by atoms with E-state index in [0.29, 0.717) is 12.4 Å². The maximum atomic E-state index is 12.9. The second kappa shape index (κ2) is 9.26. The third kappa shape index (κ3) is 4.78. The van der Waals surface area contributed by atoms with Gasteiger partial charge in [-0.25, -0.2) is 9.97 Å². The largest absolute Gasteiger partial charge is 0.486 e. The van der Waals surface area contributed by atoms with Gasteiger partial charge >= 0.3 is 0 Å². The first-order valence-corrected chi connectivity index (χ1v) is 11.5. The number of aryl methyl sites for hydroxylation is 1. The Labute approximate surface area is 195 Å². The maximum Gasteiger partial charge on any atom is 0.231 e. The zero-order chi connectivity index (χ0) is 22.6. The molecule has 0 aliphatic heterocycles. The highest BCUT2D eigenvalue weighted by Gasteiger charge is 2.17. The number of ether oxygens (including phenoxy) is 1. The van der Waals surface area contributed by atoms with Crippen LogP contribution in [0.4, 0.5) is 5.82 Å². The molecule has 5 rings (SSSR count). The number of aromatic nitrogens is 3. The number of thiazole rings is 1. The molecule has 0 atom stereocenters. The van der Waals surface area contributed by atoms with Crippen molar-refractivity contribution in [3.63, 3.8) is 0 Å². The molecule has 0 unspecified atom stereocenters. The van der Waals surface area contributed by atoms with Gasteiger partial charge in [0.05, 0.1) is 12.1 Å². The molecule has 6 nitrogen and oxygen atoms in total. The van der Waals surface area contributed by atoms with Crippen LogP contribution in [0.2, 0.25) is 0 Å². The number of nitrogens with zero attached hydrogens (tertiary/aromatic N) is 3. The van der Waals surface area contributed by atoms with Gasteiger partial charge in [-0.05, 0) is 31.2 Å². The number of carbonyl (C=O) groups excluding carboxylic acids is 1. The molecule has 0 fully saturated rings. The monoisotopic (exact) mass is 454 g/mol. The summed E-state index contributed by atoms with van der Waals surface area (Å²) in [6, 6.07) is 23.5. The van der Waals surface area contributed by atoms with Crippen LogP contribution in [0.5, 0.6) is 5.75 Å². The van der Waals surface area contributed by atoms with Crippen LogP contribution in [-0.2, 0) is 17.8 Å². The number of hydrogen-bond acceptors (Lipinski definition) is 5. The Morgan fingerprint density at radius 3 is 2.61 bits per heavy atom. The normalized spacial score (nSPS) is 10.9. The highest BCUT2D eigenvalue weighted by atomic mass is 32.1. The number of pyridine rings is 1. The van der Waals surface area contributed by atoms with Gasteiger partial charge in [0.25, 0.3) is 0 Å². The Morgan fingerprint density at radius 2 is 1.79 bits per heavy atom. The maximum absolute atomic E-state index is 12.9. The second-order valence-electron chi connectivity index (χ2n) is 7.66. The van der Waals surface area contributed by atoms with Gasteiger partial charge in [0.1, 0.15) is 34.5 Å². The van der Waals surface area contributed by atoms with Gasteiger partial charge in [0, 0.05) is 17.1 Å². The van der Waals surface area contributed by atoms with Crippen LogP contribution in [0.25, 0.3) is 16.9 Å². The first-order valence-electron chi connectivity index (χ1n) is 10.6. The summed E-state index contributed by atoms with van der Waals surface area (Å²) < 4.78 is 7.69. The van der Waals surface area contributed by atoms with Crippen LogP contribution >= 0.6 is 11.3 Å². The number of imidazole rings is 1. The van der Waals surface area contributed by atoms with Crippen molar-refractivity contribution in [1.82, 2.24) is 14.4 Å². The predicted octanol–water partition coefficient (Wildman–Crippen LogP) is 5.53.